The number of hydrogen-bond donors (Lipinski definition) is 1. The molecule has 2 aromatic carbocycles. The first-order valence-corrected chi connectivity index (χ1v) is 10.1. The molecule has 142 valence electrons. The van der Waals surface area contributed by atoms with E-state index in [0.29, 0.717) is 13.1 Å². The van der Waals surface area contributed by atoms with E-state index in [2.05, 4.69) is 10.3 Å². The highest BCUT2D eigenvalue weighted by atomic mass is 32.1. The molecule has 0 bridgehead atoms. The Morgan fingerprint density at radius 2 is 1.93 bits per heavy atom. The van der Waals surface area contributed by atoms with E-state index in [9.17, 15) is 9.59 Å². The van der Waals surface area contributed by atoms with Gasteiger partial charge in [-0.1, -0.05) is 29.8 Å². The number of carbonyl (C=O) groups excluding carboxylic acids is 2. The lowest BCUT2D eigenvalue weighted by atomic mass is 10.1. The van der Waals surface area contributed by atoms with Crippen LogP contribution in [0.25, 0.3) is 10.6 Å². The second-order valence-corrected chi connectivity index (χ2v) is 7.96. The number of anilines is 1. The van der Waals surface area contributed by atoms with Crippen LogP contribution in [0.3, 0.4) is 0 Å². The number of carbonyl (C=O) groups is 2. The fourth-order valence-corrected chi connectivity index (χ4v) is 3.97. The number of thiazole rings is 1. The third-order valence-electron chi connectivity index (χ3n) is 4.91. The molecule has 2 heterocycles. The van der Waals surface area contributed by atoms with Crippen LogP contribution in [-0.2, 0) is 16.1 Å². The smallest absolute Gasteiger partial charge is 0.229 e. The molecule has 0 aliphatic carbocycles. The fraction of sp³-hybridized carbons (Fsp3) is 0.227. The molecule has 28 heavy (non-hydrogen) atoms. The second kappa shape index (κ2) is 7.94. The van der Waals surface area contributed by atoms with Crippen molar-refractivity contribution in [3.63, 3.8) is 0 Å². The first-order chi connectivity index (χ1) is 13.6. The molecule has 1 atom stereocenters. The van der Waals surface area contributed by atoms with Gasteiger partial charge in [0.15, 0.2) is 0 Å². The maximum atomic E-state index is 12.6. The SMILES string of the molecule is Cc1ccc(CN2CC(C(=O)Nc3ccc(-c4nccs4)cc3)CC2=O)cc1. The van der Waals surface area contributed by atoms with E-state index in [1.807, 2.05) is 60.8 Å². The monoisotopic (exact) mass is 391 g/mol. The van der Waals surface area contributed by atoms with Gasteiger partial charge in [-0.25, -0.2) is 4.98 Å². The van der Waals surface area contributed by atoms with Crippen molar-refractivity contribution in [1.29, 1.82) is 0 Å². The Balaban J connectivity index is 1.36. The zero-order chi connectivity index (χ0) is 19.5. The van der Waals surface area contributed by atoms with E-state index in [0.717, 1.165) is 21.8 Å². The number of aryl methyl sites for hydroxylation is 1. The van der Waals surface area contributed by atoms with Crippen molar-refractivity contribution in [1.82, 2.24) is 9.88 Å². The highest BCUT2D eigenvalue weighted by molar-refractivity contribution is 7.13. The zero-order valence-corrected chi connectivity index (χ0v) is 16.4. The van der Waals surface area contributed by atoms with Crippen LogP contribution in [0.4, 0.5) is 5.69 Å². The Labute approximate surface area is 168 Å². The third kappa shape index (κ3) is 4.12. The number of aromatic nitrogens is 1. The summed E-state index contributed by atoms with van der Waals surface area (Å²) in [6.45, 7) is 3.04. The molecule has 0 spiro atoms. The summed E-state index contributed by atoms with van der Waals surface area (Å²) < 4.78 is 0. The van der Waals surface area contributed by atoms with Crippen LogP contribution in [0.15, 0.2) is 60.1 Å². The van der Waals surface area contributed by atoms with Crippen LogP contribution in [0.1, 0.15) is 17.5 Å². The lowest BCUT2D eigenvalue weighted by Crippen LogP contribution is -2.28. The van der Waals surface area contributed by atoms with E-state index in [-0.39, 0.29) is 24.2 Å². The Bertz CT molecular complexity index is 966. The topological polar surface area (TPSA) is 62.3 Å². The van der Waals surface area contributed by atoms with Crippen molar-refractivity contribution >= 4 is 28.8 Å². The summed E-state index contributed by atoms with van der Waals surface area (Å²) >= 11 is 1.58. The van der Waals surface area contributed by atoms with Crippen LogP contribution in [0, 0.1) is 12.8 Å². The van der Waals surface area contributed by atoms with Gasteiger partial charge in [-0.15, -0.1) is 11.3 Å². The number of likely N-dealkylation sites (tertiary alicyclic amines) is 1. The number of rotatable bonds is 5. The van der Waals surface area contributed by atoms with Gasteiger partial charge in [0.1, 0.15) is 5.01 Å². The third-order valence-corrected chi connectivity index (χ3v) is 5.73. The zero-order valence-electron chi connectivity index (χ0n) is 15.6. The largest absolute Gasteiger partial charge is 0.338 e. The van der Waals surface area contributed by atoms with Gasteiger partial charge in [-0.05, 0) is 36.8 Å². The molecule has 6 heteroatoms. The molecule has 1 aliphatic rings. The number of amides is 2. The van der Waals surface area contributed by atoms with E-state index in [4.69, 9.17) is 0 Å². The standard InChI is InChI=1S/C22H21N3O2S/c1-15-2-4-16(5-3-15)13-25-14-18(12-20(25)26)21(27)24-19-8-6-17(7-9-19)22-23-10-11-28-22/h2-11,18H,12-14H2,1H3,(H,24,27). The van der Waals surface area contributed by atoms with Gasteiger partial charge >= 0.3 is 0 Å². The summed E-state index contributed by atoms with van der Waals surface area (Å²) in [6, 6.07) is 15.8. The van der Waals surface area contributed by atoms with Gasteiger partial charge in [0.05, 0.1) is 5.92 Å². The minimum atomic E-state index is -0.323. The molecule has 1 unspecified atom stereocenters. The summed E-state index contributed by atoms with van der Waals surface area (Å²) in [6.07, 6.45) is 2.03. The highest BCUT2D eigenvalue weighted by Crippen LogP contribution is 2.25. The predicted octanol–water partition coefficient (Wildman–Crippen LogP) is 4.11. The summed E-state index contributed by atoms with van der Waals surface area (Å²) in [5.74, 6) is -0.404. The van der Waals surface area contributed by atoms with Gasteiger partial charge in [-0.2, -0.15) is 0 Å². The van der Waals surface area contributed by atoms with Gasteiger partial charge in [0.2, 0.25) is 11.8 Å². The second-order valence-electron chi connectivity index (χ2n) is 7.06. The van der Waals surface area contributed by atoms with E-state index in [1.54, 1.807) is 22.4 Å². The molecule has 1 fully saturated rings. The first-order valence-electron chi connectivity index (χ1n) is 9.22. The number of hydrogen-bond acceptors (Lipinski definition) is 4. The van der Waals surface area contributed by atoms with Gasteiger partial charge < -0.3 is 10.2 Å². The average molecular weight is 391 g/mol. The van der Waals surface area contributed by atoms with Crippen molar-refractivity contribution < 1.29 is 9.59 Å². The molecule has 1 aliphatic heterocycles. The normalized spacial score (nSPS) is 16.4. The first kappa shape index (κ1) is 18.4. The Hall–Kier alpha value is -2.99. The minimum Gasteiger partial charge on any atom is -0.338 e. The van der Waals surface area contributed by atoms with Crippen LogP contribution < -0.4 is 5.32 Å². The minimum absolute atomic E-state index is 0.0276. The molecule has 5 nitrogen and oxygen atoms in total. The van der Waals surface area contributed by atoms with Crippen molar-refractivity contribution in [2.75, 3.05) is 11.9 Å². The van der Waals surface area contributed by atoms with E-state index < -0.39 is 0 Å². The summed E-state index contributed by atoms with van der Waals surface area (Å²) in [4.78, 5) is 31.0. The summed E-state index contributed by atoms with van der Waals surface area (Å²) in [7, 11) is 0. The van der Waals surface area contributed by atoms with Gasteiger partial charge in [0, 0.05) is 42.3 Å². The van der Waals surface area contributed by atoms with Crippen molar-refractivity contribution in [3.05, 3.63) is 71.2 Å². The maximum Gasteiger partial charge on any atom is 0.229 e. The Morgan fingerprint density at radius 3 is 2.61 bits per heavy atom. The van der Waals surface area contributed by atoms with Gasteiger partial charge in [0.25, 0.3) is 0 Å². The van der Waals surface area contributed by atoms with Crippen LogP contribution in [0.5, 0.6) is 0 Å². The van der Waals surface area contributed by atoms with Crippen LogP contribution >= 0.6 is 11.3 Å². The molecular formula is C22H21N3O2S. The van der Waals surface area contributed by atoms with Gasteiger partial charge in [-0.3, -0.25) is 9.59 Å². The molecule has 3 aromatic rings. The van der Waals surface area contributed by atoms with Crippen molar-refractivity contribution in [2.24, 2.45) is 5.92 Å². The molecule has 0 radical (unpaired) electrons. The molecule has 1 N–H and O–H groups in total. The van der Waals surface area contributed by atoms with Crippen molar-refractivity contribution in [2.45, 2.75) is 19.9 Å². The molecular weight excluding hydrogens is 370 g/mol. The highest BCUT2D eigenvalue weighted by Gasteiger charge is 2.34. The maximum absolute atomic E-state index is 12.6. The molecule has 1 saturated heterocycles. The fourth-order valence-electron chi connectivity index (χ4n) is 3.32. The number of benzene rings is 2. The molecule has 0 saturated carbocycles. The lowest BCUT2D eigenvalue weighted by Gasteiger charge is -2.17. The predicted molar refractivity (Wildman–Crippen MR) is 111 cm³/mol. The molecule has 4 rings (SSSR count). The average Bonchev–Trinajstić information content (AvgIpc) is 3.35. The quantitative estimate of drug-likeness (QED) is 0.712. The Kier molecular flexibility index (Phi) is 5.21. The molecule has 2 amide bonds. The van der Waals surface area contributed by atoms with E-state index in [1.165, 1.54) is 5.56 Å². The summed E-state index contributed by atoms with van der Waals surface area (Å²) in [5, 5.41) is 5.82. The van der Waals surface area contributed by atoms with Crippen LogP contribution in [-0.4, -0.2) is 28.2 Å². The lowest BCUT2D eigenvalue weighted by molar-refractivity contribution is -0.128. The Morgan fingerprint density at radius 1 is 1.18 bits per heavy atom. The number of nitrogens with zero attached hydrogens (tertiary/aromatic N) is 2. The van der Waals surface area contributed by atoms with Crippen molar-refractivity contribution in [3.8, 4) is 10.6 Å². The van der Waals surface area contributed by atoms with E-state index >= 15 is 0 Å². The van der Waals surface area contributed by atoms with Crippen LogP contribution in [0.2, 0.25) is 0 Å². The molecule has 1 aromatic heterocycles. The summed E-state index contributed by atoms with van der Waals surface area (Å²) in [5.41, 5.74) is 4.02. The number of nitrogens with one attached hydrogen (secondary N) is 1.